The van der Waals surface area contributed by atoms with E-state index < -0.39 is 16.0 Å². The smallest absolute Gasteiger partial charge is 0.282 e. The lowest BCUT2D eigenvalue weighted by Gasteiger charge is -2.33. The summed E-state index contributed by atoms with van der Waals surface area (Å²) in [5, 5.41) is 3.36. The highest BCUT2D eigenvalue weighted by atomic mass is 35.5. The zero-order chi connectivity index (χ0) is 17.7. The standard InChI is InChI=1S/C16H25ClFN3O2S.ClH/c1-19-9-6-13-7-10-21(11-8-13)24(22,23)20(2)12-14-15(17)4-3-5-16(14)18;/h3-5,13,19H,6-12H2,1-2H3;1H. The summed E-state index contributed by atoms with van der Waals surface area (Å²) in [5.74, 6) is 0.0607. The predicted octanol–water partition coefficient (Wildman–Crippen LogP) is 2.90. The van der Waals surface area contributed by atoms with E-state index in [1.54, 1.807) is 6.07 Å². The number of benzene rings is 1. The normalized spacial score (nSPS) is 16.8. The molecule has 1 aromatic rings. The molecule has 1 saturated heterocycles. The molecular formula is C16H26Cl2FN3O2S. The van der Waals surface area contributed by atoms with E-state index in [9.17, 15) is 12.8 Å². The molecule has 1 N–H and O–H groups in total. The van der Waals surface area contributed by atoms with Crippen LogP contribution in [0.3, 0.4) is 0 Å². The molecule has 1 aliphatic rings. The molecule has 25 heavy (non-hydrogen) atoms. The van der Waals surface area contributed by atoms with Gasteiger partial charge in [0.1, 0.15) is 5.82 Å². The zero-order valence-corrected chi connectivity index (χ0v) is 16.9. The van der Waals surface area contributed by atoms with Crippen molar-refractivity contribution in [2.24, 2.45) is 5.92 Å². The molecule has 0 aromatic heterocycles. The molecule has 144 valence electrons. The lowest BCUT2D eigenvalue weighted by molar-refractivity contribution is 0.249. The maximum Gasteiger partial charge on any atom is 0.282 e. The first kappa shape index (κ1) is 22.6. The summed E-state index contributed by atoms with van der Waals surface area (Å²) in [5.41, 5.74) is 0.203. The summed E-state index contributed by atoms with van der Waals surface area (Å²) >= 11 is 6.00. The summed E-state index contributed by atoms with van der Waals surface area (Å²) < 4.78 is 42.0. The van der Waals surface area contributed by atoms with Gasteiger partial charge in [0.05, 0.1) is 0 Å². The van der Waals surface area contributed by atoms with Gasteiger partial charge in [0.2, 0.25) is 0 Å². The second kappa shape index (κ2) is 10.0. The Morgan fingerprint density at radius 2 is 2.00 bits per heavy atom. The number of nitrogens with one attached hydrogen (secondary N) is 1. The van der Waals surface area contributed by atoms with E-state index in [4.69, 9.17) is 11.6 Å². The molecule has 0 spiro atoms. The summed E-state index contributed by atoms with van der Waals surface area (Å²) in [4.78, 5) is 0. The summed E-state index contributed by atoms with van der Waals surface area (Å²) in [6.07, 6.45) is 2.77. The third-order valence-corrected chi connectivity index (χ3v) is 6.83. The second-order valence-corrected chi connectivity index (χ2v) is 8.64. The average Bonchev–Trinajstić information content (AvgIpc) is 2.56. The monoisotopic (exact) mass is 413 g/mol. The van der Waals surface area contributed by atoms with E-state index in [1.165, 1.54) is 27.8 Å². The first-order valence-corrected chi connectivity index (χ1v) is 9.92. The number of rotatable bonds is 7. The molecule has 0 unspecified atom stereocenters. The lowest BCUT2D eigenvalue weighted by atomic mass is 9.95. The second-order valence-electron chi connectivity index (χ2n) is 6.20. The average molecular weight is 414 g/mol. The molecule has 0 bridgehead atoms. The van der Waals surface area contributed by atoms with Gasteiger partial charge in [-0.3, -0.25) is 0 Å². The van der Waals surface area contributed by atoms with Crippen molar-refractivity contribution in [1.29, 1.82) is 0 Å². The van der Waals surface area contributed by atoms with E-state index in [1.807, 2.05) is 7.05 Å². The minimum absolute atomic E-state index is 0. The molecule has 5 nitrogen and oxygen atoms in total. The van der Waals surface area contributed by atoms with Gasteiger partial charge in [0.25, 0.3) is 10.2 Å². The van der Waals surface area contributed by atoms with Crippen LogP contribution in [0.5, 0.6) is 0 Å². The van der Waals surface area contributed by atoms with Crippen LogP contribution in [0.4, 0.5) is 4.39 Å². The number of nitrogens with zero attached hydrogens (tertiary/aromatic N) is 2. The molecule has 0 amide bonds. The van der Waals surface area contributed by atoms with Crippen LogP contribution >= 0.6 is 24.0 Å². The highest BCUT2D eigenvalue weighted by Crippen LogP contribution is 2.25. The Kier molecular flexibility index (Phi) is 9.08. The molecule has 0 aliphatic carbocycles. The van der Waals surface area contributed by atoms with Crippen molar-refractivity contribution in [2.75, 3.05) is 33.7 Å². The van der Waals surface area contributed by atoms with Gasteiger partial charge >= 0.3 is 0 Å². The minimum atomic E-state index is -3.61. The Bertz CT molecular complexity index is 633. The van der Waals surface area contributed by atoms with E-state index in [0.717, 1.165) is 25.8 Å². The maximum absolute atomic E-state index is 13.9. The Hall–Kier alpha value is -0.440. The highest BCUT2D eigenvalue weighted by Gasteiger charge is 2.31. The third-order valence-electron chi connectivity index (χ3n) is 4.54. The third kappa shape index (κ3) is 5.77. The number of hydrogen-bond acceptors (Lipinski definition) is 3. The van der Waals surface area contributed by atoms with Gasteiger partial charge in [-0.15, -0.1) is 12.4 Å². The van der Waals surface area contributed by atoms with Gasteiger partial charge in [-0.1, -0.05) is 17.7 Å². The van der Waals surface area contributed by atoms with Crippen LogP contribution < -0.4 is 5.32 Å². The van der Waals surface area contributed by atoms with Crippen LogP contribution in [0.25, 0.3) is 0 Å². The maximum atomic E-state index is 13.9. The van der Waals surface area contributed by atoms with Gasteiger partial charge in [-0.2, -0.15) is 17.0 Å². The number of halogens is 3. The highest BCUT2D eigenvalue weighted by molar-refractivity contribution is 7.86. The van der Waals surface area contributed by atoms with Crippen molar-refractivity contribution in [3.8, 4) is 0 Å². The van der Waals surface area contributed by atoms with Gasteiger partial charge in [-0.25, -0.2) is 4.39 Å². The fourth-order valence-electron chi connectivity index (χ4n) is 2.96. The topological polar surface area (TPSA) is 52.7 Å². The SMILES string of the molecule is CNCCC1CCN(S(=O)(=O)N(C)Cc2c(F)cccc2Cl)CC1.Cl. The minimum Gasteiger partial charge on any atom is -0.320 e. The van der Waals surface area contributed by atoms with Gasteiger partial charge in [0.15, 0.2) is 0 Å². The molecule has 0 saturated carbocycles. The summed E-state index contributed by atoms with van der Waals surface area (Å²) in [7, 11) is -0.229. The number of hydrogen-bond donors (Lipinski definition) is 1. The first-order valence-electron chi connectivity index (χ1n) is 8.15. The van der Waals surface area contributed by atoms with Crippen LogP contribution in [0.1, 0.15) is 24.8 Å². The van der Waals surface area contributed by atoms with Crippen LogP contribution in [0.15, 0.2) is 18.2 Å². The van der Waals surface area contributed by atoms with Crippen LogP contribution in [0, 0.1) is 11.7 Å². The Labute approximate surface area is 161 Å². The van der Waals surface area contributed by atoms with Crippen LogP contribution in [-0.4, -0.2) is 50.8 Å². The lowest BCUT2D eigenvalue weighted by Crippen LogP contribution is -2.45. The van der Waals surface area contributed by atoms with Crippen molar-refractivity contribution in [2.45, 2.75) is 25.8 Å². The van der Waals surface area contributed by atoms with Crippen molar-refractivity contribution >= 4 is 34.2 Å². The van der Waals surface area contributed by atoms with Gasteiger partial charge in [-0.05, 0) is 50.9 Å². The van der Waals surface area contributed by atoms with Crippen molar-refractivity contribution < 1.29 is 12.8 Å². The quantitative estimate of drug-likeness (QED) is 0.747. The molecule has 9 heteroatoms. The molecule has 0 atom stereocenters. The van der Waals surface area contributed by atoms with Crippen molar-refractivity contribution in [3.63, 3.8) is 0 Å². The molecule has 1 heterocycles. The molecular weight excluding hydrogens is 388 g/mol. The molecule has 2 rings (SSSR count). The molecule has 1 fully saturated rings. The zero-order valence-electron chi connectivity index (χ0n) is 14.5. The van der Waals surface area contributed by atoms with E-state index in [0.29, 0.717) is 19.0 Å². The fraction of sp³-hybridized carbons (Fsp3) is 0.625. The Morgan fingerprint density at radius 1 is 1.36 bits per heavy atom. The van der Waals surface area contributed by atoms with Crippen molar-refractivity contribution in [3.05, 3.63) is 34.6 Å². The number of piperidine rings is 1. The molecule has 1 aromatic carbocycles. The van der Waals surface area contributed by atoms with Gasteiger partial charge in [0, 0.05) is 37.3 Å². The first-order chi connectivity index (χ1) is 11.4. The fourth-order valence-corrected chi connectivity index (χ4v) is 4.54. The molecule has 0 radical (unpaired) electrons. The molecule has 1 aliphatic heterocycles. The largest absolute Gasteiger partial charge is 0.320 e. The van der Waals surface area contributed by atoms with Gasteiger partial charge < -0.3 is 5.32 Å². The van der Waals surface area contributed by atoms with E-state index in [2.05, 4.69) is 5.32 Å². The Balaban J connectivity index is 0.00000312. The van der Waals surface area contributed by atoms with E-state index >= 15 is 0 Å². The van der Waals surface area contributed by atoms with Crippen LogP contribution in [0.2, 0.25) is 5.02 Å². The summed E-state index contributed by atoms with van der Waals surface area (Å²) in [6, 6.07) is 4.36. The van der Waals surface area contributed by atoms with Crippen LogP contribution in [-0.2, 0) is 16.8 Å². The Morgan fingerprint density at radius 3 is 2.56 bits per heavy atom. The summed E-state index contributed by atoms with van der Waals surface area (Å²) in [6.45, 7) is 1.88. The van der Waals surface area contributed by atoms with E-state index in [-0.39, 0.29) is 29.5 Å². The van der Waals surface area contributed by atoms with Crippen molar-refractivity contribution in [1.82, 2.24) is 13.9 Å². The predicted molar refractivity (Wildman–Crippen MR) is 102 cm³/mol.